The van der Waals surface area contributed by atoms with Gasteiger partial charge in [-0.05, 0) is 24.3 Å². The molecule has 0 fully saturated rings. The SMILES string of the molecule is O=NC(=O)c1ccc(F)cc1. The largest absolute Gasteiger partial charge is 0.316 e. The van der Waals surface area contributed by atoms with Crippen LogP contribution < -0.4 is 0 Å². The van der Waals surface area contributed by atoms with Gasteiger partial charge in [0, 0.05) is 10.7 Å². The Kier molecular flexibility index (Phi) is 2.06. The van der Waals surface area contributed by atoms with Crippen LogP contribution in [-0.2, 0) is 0 Å². The summed E-state index contributed by atoms with van der Waals surface area (Å²) in [6.07, 6.45) is 0. The molecule has 0 bridgehead atoms. The summed E-state index contributed by atoms with van der Waals surface area (Å²) in [6.45, 7) is 0. The Bertz CT molecular complexity index is 281. The Balaban J connectivity index is 2.98. The molecular formula is C7H4FNO2. The highest BCUT2D eigenvalue weighted by Crippen LogP contribution is 2.03. The van der Waals surface area contributed by atoms with Crippen LogP contribution in [0.15, 0.2) is 29.4 Å². The van der Waals surface area contributed by atoms with E-state index in [2.05, 4.69) is 5.18 Å². The summed E-state index contributed by atoms with van der Waals surface area (Å²) in [5.41, 5.74) is 0.0985. The summed E-state index contributed by atoms with van der Waals surface area (Å²) >= 11 is 0. The average Bonchev–Trinajstić information content (AvgIpc) is 2.05. The quantitative estimate of drug-likeness (QED) is 0.577. The Hall–Kier alpha value is -1.58. The number of nitroso groups, excluding NO2 is 1. The number of halogens is 1. The third-order valence-electron chi connectivity index (χ3n) is 1.17. The zero-order chi connectivity index (χ0) is 8.27. The van der Waals surface area contributed by atoms with Gasteiger partial charge in [0.15, 0.2) is 0 Å². The summed E-state index contributed by atoms with van der Waals surface area (Å²) in [6, 6.07) is 4.61. The van der Waals surface area contributed by atoms with E-state index in [-0.39, 0.29) is 5.56 Å². The lowest BCUT2D eigenvalue weighted by atomic mass is 10.2. The highest BCUT2D eigenvalue weighted by Gasteiger charge is 2.03. The first-order chi connectivity index (χ1) is 5.24. The van der Waals surface area contributed by atoms with Crippen LogP contribution in [0, 0.1) is 10.7 Å². The van der Waals surface area contributed by atoms with Gasteiger partial charge in [0.05, 0.1) is 0 Å². The van der Waals surface area contributed by atoms with Crippen LogP contribution in [0.3, 0.4) is 0 Å². The molecule has 0 heterocycles. The summed E-state index contributed by atoms with van der Waals surface area (Å²) in [4.78, 5) is 20.2. The Labute approximate surface area is 61.8 Å². The standard InChI is InChI=1S/C7H4FNO2/c8-6-3-1-5(2-4-6)7(10)9-11/h1-4H. The van der Waals surface area contributed by atoms with Crippen molar-refractivity contribution in [2.24, 2.45) is 5.18 Å². The molecule has 56 valence electrons. The molecule has 1 amide bonds. The summed E-state index contributed by atoms with van der Waals surface area (Å²) < 4.78 is 12.2. The smallest absolute Gasteiger partial charge is 0.263 e. The molecule has 0 aromatic heterocycles. The van der Waals surface area contributed by atoms with Gasteiger partial charge >= 0.3 is 5.91 Å². The monoisotopic (exact) mass is 153 g/mol. The van der Waals surface area contributed by atoms with Gasteiger partial charge in [-0.1, -0.05) is 0 Å². The van der Waals surface area contributed by atoms with Crippen LogP contribution >= 0.6 is 0 Å². The van der Waals surface area contributed by atoms with E-state index in [0.29, 0.717) is 0 Å². The second kappa shape index (κ2) is 3.01. The normalized spacial score (nSPS) is 9.18. The molecule has 3 nitrogen and oxygen atoms in total. The highest BCUT2D eigenvalue weighted by atomic mass is 19.1. The number of amides is 1. The Morgan fingerprint density at radius 2 is 1.82 bits per heavy atom. The molecule has 0 aliphatic carbocycles. The van der Waals surface area contributed by atoms with E-state index in [9.17, 15) is 14.1 Å². The van der Waals surface area contributed by atoms with Crippen molar-refractivity contribution < 1.29 is 9.18 Å². The van der Waals surface area contributed by atoms with Gasteiger partial charge in [-0.3, -0.25) is 4.79 Å². The maximum atomic E-state index is 12.2. The molecule has 0 atom stereocenters. The van der Waals surface area contributed by atoms with E-state index in [1.165, 1.54) is 12.1 Å². The van der Waals surface area contributed by atoms with E-state index in [4.69, 9.17) is 0 Å². The fourth-order valence-electron chi connectivity index (χ4n) is 0.645. The average molecular weight is 153 g/mol. The lowest BCUT2D eigenvalue weighted by Crippen LogP contribution is -1.92. The highest BCUT2D eigenvalue weighted by molar-refractivity contribution is 5.94. The number of nitrogens with zero attached hydrogens (tertiary/aromatic N) is 1. The first-order valence-corrected chi connectivity index (χ1v) is 2.87. The maximum Gasteiger partial charge on any atom is 0.316 e. The molecule has 0 aliphatic heterocycles. The topological polar surface area (TPSA) is 46.5 Å². The minimum Gasteiger partial charge on any atom is -0.263 e. The van der Waals surface area contributed by atoms with Crippen molar-refractivity contribution >= 4 is 5.91 Å². The maximum absolute atomic E-state index is 12.2. The van der Waals surface area contributed by atoms with E-state index in [1.54, 1.807) is 0 Å². The third kappa shape index (κ3) is 1.67. The van der Waals surface area contributed by atoms with Gasteiger partial charge in [0.2, 0.25) is 0 Å². The molecule has 0 spiro atoms. The van der Waals surface area contributed by atoms with E-state index >= 15 is 0 Å². The number of carbonyl (C=O) groups is 1. The van der Waals surface area contributed by atoms with Gasteiger partial charge < -0.3 is 0 Å². The van der Waals surface area contributed by atoms with Crippen molar-refractivity contribution in [1.29, 1.82) is 0 Å². The molecule has 1 aromatic carbocycles. The number of carbonyl (C=O) groups excluding carboxylic acids is 1. The number of hydrogen-bond donors (Lipinski definition) is 0. The number of hydrogen-bond acceptors (Lipinski definition) is 2. The van der Waals surface area contributed by atoms with Crippen molar-refractivity contribution in [3.05, 3.63) is 40.6 Å². The molecule has 1 rings (SSSR count). The van der Waals surface area contributed by atoms with E-state index in [0.717, 1.165) is 12.1 Å². The first-order valence-electron chi connectivity index (χ1n) is 2.87. The number of benzene rings is 1. The second-order valence-corrected chi connectivity index (χ2v) is 1.90. The van der Waals surface area contributed by atoms with Gasteiger partial charge in [-0.25, -0.2) is 4.39 Å². The fourth-order valence-corrected chi connectivity index (χ4v) is 0.645. The molecule has 0 unspecified atom stereocenters. The molecule has 0 radical (unpaired) electrons. The van der Waals surface area contributed by atoms with Crippen LogP contribution in [0.4, 0.5) is 4.39 Å². The Morgan fingerprint density at radius 3 is 2.27 bits per heavy atom. The molecule has 4 heteroatoms. The van der Waals surface area contributed by atoms with Gasteiger partial charge in [0.1, 0.15) is 5.82 Å². The van der Waals surface area contributed by atoms with Crippen LogP contribution in [0.2, 0.25) is 0 Å². The van der Waals surface area contributed by atoms with Gasteiger partial charge in [0.25, 0.3) is 0 Å². The van der Waals surface area contributed by atoms with E-state index < -0.39 is 11.7 Å². The lowest BCUT2D eigenvalue weighted by Gasteiger charge is -1.90. The predicted octanol–water partition coefficient (Wildman–Crippen LogP) is 1.73. The van der Waals surface area contributed by atoms with Crippen molar-refractivity contribution in [2.75, 3.05) is 0 Å². The van der Waals surface area contributed by atoms with Crippen LogP contribution in [0.1, 0.15) is 10.4 Å². The van der Waals surface area contributed by atoms with Crippen LogP contribution in [0.25, 0.3) is 0 Å². The van der Waals surface area contributed by atoms with Crippen molar-refractivity contribution in [3.8, 4) is 0 Å². The van der Waals surface area contributed by atoms with E-state index in [1.807, 2.05) is 0 Å². The molecule has 0 aliphatic rings. The van der Waals surface area contributed by atoms with Crippen LogP contribution in [-0.4, -0.2) is 5.91 Å². The minimum absolute atomic E-state index is 0.0985. The second-order valence-electron chi connectivity index (χ2n) is 1.90. The summed E-state index contributed by atoms with van der Waals surface area (Å²) in [5, 5.41) is 2.18. The van der Waals surface area contributed by atoms with Gasteiger partial charge in [-0.2, -0.15) is 0 Å². The third-order valence-corrected chi connectivity index (χ3v) is 1.17. The molecule has 11 heavy (non-hydrogen) atoms. The fraction of sp³-hybridized carbons (Fsp3) is 0. The molecule has 0 saturated carbocycles. The summed E-state index contributed by atoms with van der Waals surface area (Å²) in [7, 11) is 0. The zero-order valence-corrected chi connectivity index (χ0v) is 5.45. The number of rotatable bonds is 1. The van der Waals surface area contributed by atoms with Crippen molar-refractivity contribution in [3.63, 3.8) is 0 Å². The molecule has 0 N–H and O–H groups in total. The molecule has 0 saturated heterocycles. The summed E-state index contributed by atoms with van der Waals surface area (Å²) in [5.74, 6) is -1.34. The molecular weight excluding hydrogens is 149 g/mol. The van der Waals surface area contributed by atoms with Crippen LogP contribution in [0.5, 0.6) is 0 Å². The predicted molar refractivity (Wildman–Crippen MR) is 36.5 cm³/mol. The van der Waals surface area contributed by atoms with Crippen molar-refractivity contribution in [2.45, 2.75) is 0 Å². The van der Waals surface area contributed by atoms with Gasteiger partial charge in [-0.15, -0.1) is 4.91 Å². The lowest BCUT2D eigenvalue weighted by molar-refractivity contribution is 0.100. The first kappa shape index (κ1) is 7.53. The zero-order valence-electron chi connectivity index (χ0n) is 5.45. The minimum atomic E-state index is -0.884. The van der Waals surface area contributed by atoms with Crippen molar-refractivity contribution in [1.82, 2.24) is 0 Å². The molecule has 1 aromatic rings. The Morgan fingerprint density at radius 1 is 1.27 bits per heavy atom.